The van der Waals surface area contributed by atoms with Gasteiger partial charge in [-0.2, -0.15) is 0 Å². The van der Waals surface area contributed by atoms with Gasteiger partial charge in [-0.3, -0.25) is 0 Å². The van der Waals surface area contributed by atoms with Gasteiger partial charge in [0.2, 0.25) is 0 Å². The van der Waals surface area contributed by atoms with Crippen LogP contribution in [0.15, 0.2) is 100 Å². The van der Waals surface area contributed by atoms with Crippen LogP contribution in [0.3, 0.4) is 0 Å². The summed E-state index contributed by atoms with van der Waals surface area (Å²) < 4.78 is 5.68. The lowest BCUT2D eigenvalue weighted by Crippen LogP contribution is -2.06. The van der Waals surface area contributed by atoms with Crippen molar-refractivity contribution >= 4 is 44.2 Å². The normalized spacial score (nSPS) is 11.4. The van der Waals surface area contributed by atoms with E-state index in [1.165, 1.54) is 0 Å². The fourth-order valence-corrected chi connectivity index (χ4v) is 4.17. The molecular formula is C27H15ClN2O2. The minimum atomic E-state index is -0.472. The van der Waals surface area contributed by atoms with Crippen molar-refractivity contribution in [2.45, 2.75) is 0 Å². The average molecular weight is 435 g/mol. The van der Waals surface area contributed by atoms with Crippen molar-refractivity contribution in [2.75, 3.05) is 0 Å². The minimum Gasteiger partial charge on any atom is -0.422 e. The van der Waals surface area contributed by atoms with E-state index in [-0.39, 0.29) is 0 Å². The van der Waals surface area contributed by atoms with E-state index in [4.69, 9.17) is 21.0 Å². The molecule has 0 spiro atoms. The number of nitrogens with zero attached hydrogens (tertiary/aromatic N) is 2. The highest BCUT2D eigenvalue weighted by Crippen LogP contribution is 2.31. The lowest BCUT2D eigenvalue weighted by molar-refractivity contribution is 0.563. The van der Waals surface area contributed by atoms with Crippen LogP contribution < -0.4 is 5.63 Å². The van der Waals surface area contributed by atoms with E-state index in [1.807, 2.05) is 78.9 Å². The molecule has 32 heavy (non-hydrogen) atoms. The maximum atomic E-state index is 12.9. The van der Waals surface area contributed by atoms with Crippen LogP contribution in [0.1, 0.15) is 0 Å². The van der Waals surface area contributed by atoms with Gasteiger partial charge in [-0.05, 0) is 47.2 Å². The van der Waals surface area contributed by atoms with Crippen LogP contribution >= 0.6 is 11.6 Å². The number of halogens is 1. The summed E-state index contributed by atoms with van der Waals surface area (Å²) >= 11 is 6.25. The Morgan fingerprint density at radius 2 is 1.47 bits per heavy atom. The van der Waals surface area contributed by atoms with Crippen LogP contribution in [0, 0.1) is 0 Å². The molecule has 2 aromatic heterocycles. The molecule has 0 radical (unpaired) electrons. The summed E-state index contributed by atoms with van der Waals surface area (Å²) in [6.07, 6.45) is 0. The third-order valence-electron chi connectivity index (χ3n) is 5.55. The van der Waals surface area contributed by atoms with Crippen LogP contribution in [-0.4, -0.2) is 9.97 Å². The van der Waals surface area contributed by atoms with Gasteiger partial charge in [0, 0.05) is 21.4 Å². The van der Waals surface area contributed by atoms with E-state index in [9.17, 15) is 4.79 Å². The molecule has 4 nitrogen and oxygen atoms in total. The molecule has 0 aliphatic rings. The van der Waals surface area contributed by atoms with Crippen LogP contribution in [0.25, 0.3) is 55.3 Å². The first-order chi connectivity index (χ1) is 15.7. The Labute approximate surface area is 187 Å². The van der Waals surface area contributed by atoms with E-state index in [1.54, 1.807) is 12.1 Å². The van der Waals surface area contributed by atoms with Gasteiger partial charge in [-0.25, -0.2) is 14.8 Å². The molecule has 0 unspecified atom stereocenters. The van der Waals surface area contributed by atoms with E-state index in [0.717, 1.165) is 27.1 Å². The lowest BCUT2D eigenvalue weighted by Gasteiger charge is -2.10. The molecule has 6 rings (SSSR count). The summed E-state index contributed by atoms with van der Waals surface area (Å²) in [4.78, 5) is 22.4. The molecular weight excluding hydrogens is 420 g/mol. The van der Waals surface area contributed by atoms with Crippen molar-refractivity contribution in [3.05, 3.63) is 106 Å². The fraction of sp³-hybridized carbons (Fsp3) is 0. The van der Waals surface area contributed by atoms with Gasteiger partial charge in [-0.1, -0.05) is 66.2 Å². The quantitative estimate of drug-likeness (QED) is 0.220. The Morgan fingerprint density at radius 1 is 0.719 bits per heavy atom. The molecule has 0 saturated heterocycles. The zero-order chi connectivity index (χ0) is 21.7. The molecule has 0 atom stereocenters. The van der Waals surface area contributed by atoms with Crippen molar-refractivity contribution in [2.24, 2.45) is 0 Å². The lowest BCUT2D eigenvalue weighted by atomic mass is 10.0. The molecule has 2 heterocycles. The molecule has 0 aliphatic carbocycles. The monoisotopic (exact) mass is 434 g/mol. The minimum absolute atomic E-state index is 0.321. The summed E-state index contributed by atoms with van der Waals surface area (Å²) in [6, 6.07) is 28.9. The highest BCUT2D eigenvalue weighted by Gasteiger charge is 2.16. The summed E-state index contributed by atoms with van der Waals surface area (Å²) in [5, 5.41) is 4.33. The summed E-state index contributed by atoms with van der Waals surface area (Å²) in [6.45, 7) is 0. The van der Waals surface area contributed by atoms with Gasteiger partial charge in [-0.15, -0.1) is 0 Å². The predicted octanol–water partition coefficient (Wildman–Crippen LogP) is 6.88. The van der Waals surface area contributed by atoms with Crippen LogP contribution in [-0.2, 0) is 0 Å². The Bertz CT molecular complexity index is 1710. The van der Waals surface area contributed by atoms with Crippen molar-refractivity contribution in [1.29, 1.82) is 0 Å². The summed E-state index contributed by atoms with van der Waals surface area (Å²) in [7, 11) is 0. The third-order valence-corrected chi connectivity index (χ3v) is 5.78. The number of hydrogen-bond acceptors (Lipinski definition) is 4. The molecule has 0 bridgehead atoms. The van der Waals surface area contributed by atoms with Gasteiger partial charge in [0.05, 0.1) is 11.2 Å². The van der Waals surface area contributed by atoms with E-state index in [2.05, 4.69) is 4.98 Å². The number of hydrogen-bond donors (Lipinski definition) is 0. The highest BCUT2D eigenvalue weighted by atomic mass is 35.5. The van der Waals surface area contributed by atoms with E-state index in [0.29, 0.717) is 33.2 Å². The second-order valence-electron chi connectivity index (χ2n) is 7.61. The molecule has 152 valence electrons. The molecule has 4 aromatic carbocycles. The van der Waals surface area contributed by atoms with Crippen molar-refractivity contribution in [3.8, 4) is 22.6 Å². The Morgan fingerprint density at radius 3 is 2.28 bits per heavy atom. The van der Waals surface area contributed by atoms with Gasteiger partial charge in [0.1, 0.15) is 11.1 Å². The first-order valence-corrected chi connectivity index (χ1v) is 10.5. The summed E-state index contributed by atoms with van der Waals surface area (Å²) in [5.41, 5.74) is 2.72. The molecule has 0 amide bonds. The van der Waals surface area contributed by atoms with E-state index >= 15 is 0 Å². The molecule has 6 aromatic rings. The average Bonchev–Trinajstić information content (AvgIpc) is 2.82. The molecule has 0 aliphatic heterocycles. The first-order valence-electron chi connectivity index (χ1n) is 10.2. The standard InChI is InChI=1S/C27H15ClN2O2/c28-20-10-11-23-21(15-20)25(16-6-2-1-3-7-16)30-26(29-23)22-13-19-12-17-8-4-5-9-18(17)14-24(19)32-27(22)31/h1-15H. The van der Waals surface area contributed by atoms with Crippen molar-refractivity contribution < 1.29 is 4.42 Å². The van der Waals surface area contributed by atoms with Crippen LogP contribution in [0.5, 0.6) is 0 Å². The second-order valence-corrected chi connectivity index (χ2v) is 8.04. The number of benzene rings is 4. The first kappa shape index (κ1) is 18.7. The SMILES string of the molecule is O=c1oc2cc3ccccc3cc2cc1-c1nc(-c2ccccc2)c2cc(Cl)ccc2n1. The van der Waals surface area contributed by atoms with Gasteiger partial charge < -0.3 is 4.42 Å². The fourth-order valence-electron chi connectivity index (χ4n) is 4.00. The molecule has 0 fully saturated rings. The number of aromatic nitrogens is 2. The highest BCUT2D eigenvalue weighted by molar-refractivity contribution is 6.31. The van der Waals surface area contributed by atoms with E-state index < -0.39 is 5.63 Å². The Balaban J connectivity index is 1.64. The van der Waals surface area contributed by atoms with Crippen molar-refractivity contribution in [1.82, 2.24) is 9.97 Å². The molecule has 5 heteroatoms. The zero-order valence-electron chi connectivity index (χ0n) is 16.7. The predicted molar refractivity (Wildman–Crippen MR) is 129 cm³/mol. The summed E-state index contributed by atoms with van der Waals surface area (Å²) in [5.74, 6) is 0.322. The largest absolute Gasteiger partial charge is 0.422 e. The molecule has 0 N–H and O–H groups in total. The van der Waals surface area contributed by atoms with Gasteiger partial charge >= 0.3 is 5.63 Å². The van der Waals surface area contributed by atoms with Crippen molar-refractivity contribution in [3.63, 3.8) is 0 Å². The smallest absolute Gasteiger partial charge is 0.347 e. The van der Waals surface area contributed by atoms with Gasteiger partial charge in [0.15, 0.2) is 5.82 Å². The van der Waals surface area contributed by atoms with Crippen LogP contribution in [0.2, 0.25) is 5.02 Å². The maximum absolute atomic E-state index is 12.9. The zero-order valence-corrected chi connectivity index (χ0v) is 17.5. The van der Waals surface area contributed by atoms with Gasteiger partial charge in [0.25, 0.3) is 0 Å². The van der Waals surface area contributed by atoms with Crippen LogP contribution in [0.4, 0.5) is 0 Å². The third kappa shape index (κ3) is 3.13. The topological polar surface area (TPSA) is 56.0 Å². The maximum Gasteiger partial charge on any atom is 0.347 e. The Hall–Kier alpha value is -4.02. The second kappa shape index (κ2) is 7.29. The Kier molecular flexibility index (Phi) is 4.27. The number of fused-ring (bicyclic) bond motifs is 3. The molecule has 0 saturated carbocycles. The number of rotatable bonds is 2.